The number of thiophene rings is 1. The number of rotatable bonds is 5. The molecule has 0 aliphatic rings. The van der Waals surface area contributed by atoms with E-state index in [4.69, 9.17) is 11.6 Å². The van der Waals surface area contributed by atoms with E-state index in [1.165, 1.54) is 0 Å². The highest BCUT2D eigenvalue weighted by Crippen LogP contribution is 2.37. The molecule has 1 N–H and O–H groups in total. The summed E-state index contributed by atoms with van der Waals surface area (Å²) in [4.78, 5) is 11.6. The van der Waals surface area contributed by atoms with Crippen molar-refractivity contribution >= 4 is 50.0 Å². The zero-order valence-corrected chi connectivity index (χ0v) is 16.5. The van der Waals surface area contributed by atoms with Crippen molar-refractivity contribution in [2.45, 2.75) is 25.1 Å². The van der Waals surface area contributed by atoms with Gasteiger partial charge in [-0.05, 0) is 58.1 Å². The van der Waals surface area contributed by atoms with Crippen LogP contribution in [-0.2, 0) is 17.7 Å². The van der Waals surface area contributed by atoms with Gasteiger partial charge in [-0.3, -0.25) is 4.79 Å². The third-order valence-corrected chi connectivity index (χ3v) is 6.32. The number of aromatic nitrogens is 3. The van der Waals surface area contributed by atoms with Crippen molar-refractivity contribution in [1.29, 1.82) is 0 Å². The lowest BCUT2D eigenvalue weighted by Gasteiger charge is -2.20. The number of carboxylic acids is 1. The monoisotopic (exact) mass is 399 g/mol. The average molecular weight is 400 g/mol. The highest BCUT2D eigenvalue weighted by atomic mass is 35.5. The van der Waals surface area contributed by atoms with Gasteiger partial charge in [0.2, 0.25) is 0 Å². The Bertz CT molecular complexity index is 1160. The molecule has 2 heterocycles. The summed E-state index contributed by atoms with van der Waals surface area (Å²) in [6, 6.07) is 10.1. The summed E-state index contributed by atoms with van der Waals surface area (Å²) >= 11 is 7.83. The van der Waals surface area contributed by atoms with E-state index in [0.29, 0.717) is 5.88 Å². The number of carboxylic acid groups (broad SMARTS) is 1. The molecule has 2 aromatic heterocycles. The van der Waals surface area contributed by atoms with Crippen LogP contribution in [0, 0.1) is 6.92 Å². The third kappa shape index (κ3) is 3.09. The fourth-order valence-corrected chi connectivity index (χ4v) is 4.88. The summed E-state index contributed by atoms with van der Waals surface area (Å²) in [6.45, 7) is 1.98. The van der Waals surface area contributed by atoms with Crippen molar-refractivity contribution in [3.05, 3.63) is 58.0 Å². The van der Waals surface area contributed by atoms with Crippen LogP contribution in [0.4, 0.5) is 0 Å². The van der Waals surface area contributed by atoms with E-state index < -0.39 is 5.97 Å². The number of hydrogen-bond acceptors (Lipinski definition) is 4. The smallest absolute Gasteiger partial charge is 0.304 e. The van der Waals surface area contributed by atoms with Crippen molar-refractivity contribution in [1.82, 2.24) is 15.0 Å². The summed E-state index contributed by atoms with van der Waals surface area (Å²) in [7, 11) is 1.85. The fraction of sp³-hybridized carbons (Fsp3) is 0.250. The maximum atomic E-state index is 11.6. The molecule has 138 valence electrons. The van der Waals surface area contributed by atoms with Crippen LogP contribution in [0.1, 0.15) is 34.6 Å². The van der Waals surface area contributed by atoms with Crippen LogP contribution in [0.5, 0.6) is 0 Å². The zero-order chi connectivity index (χ0) is 19.1. The lowest BCUT2D eigenvalue weighted by Crippen LogP contribution is -2.10. The van der Waals surface area contributed by atoms with Gasteiger partial charge in [-0.15, -0.1) is 28.0 Å². The highest BCUT2D eigenvalue weighted by Gasteiger charge is 2.23. The van der Waals surface area contributed by atoms with E-state index in [0.717, 1.165) is 43.4 Å². The van der Waals surface area contributed by atoms with Gasteiger partial charge in [-0.1, -0.05) is 17.3 Å². The minimum Gasteiger partial charge on any atom is -0.481 e. The first-order valence-electron chi connectivity index (χ1n) is 8.56. The summed E-state index contributed by atoms with van der Waals surface area (Å²) in [5.41, 5.74) is 5.66. The number of benzene rings is 2. The second-order valence-electron chi connectivity index (χ2n) is 6.66. The molecule has 1 atom stereocenters. The molecule has 4 rings (SSSR count). The predicted octanol–water partition coefficient (Wildman–Crippen LogP) is 4.84. The Balaban J connectivity index is 1.92. The van der Waals surface area contributed by atoms with Gasteiger partial charge in [0, 0.05) is 23.5 Å². The standard InChI is InChI=1S/C20H18ClN3O2S/c1-11-15(3-4-17-19(11)22-23-24(17)2)16(9-18(25)26)13-7-12-5-6-27-20(12)14(8-13)10-21/h3-8,16H,9-10H2,1-2H3,(H,25,26)/t16-/m1/s1. The second kappa shape index (κ2) is 6.94. The fourth-order valence-electron chi connectivity index (χ4n) is 3.69. The van der Waals surface area contributed by atoms with Crippen molar-refractivity contribution < 1.29 is 9.90 Å². The van der Waals surface area contributed by atoms with Gasteiger partial charge in [-0.2, -0.15) is 0 Å². The number of nitrogens with zero attached hydrogens (tertiary/aromatic N) is 3. The Kier molecular flexibility index (Phi) is 4.61. The minimum atomic E-state index is -0.837. The zero-order valence-electron chi connectivity index (χ0n) is 14.9. The van der Waals surface area contributed by atoms with Gasteiger partial charge in [0.05, 0.1) is 11.9 Å². The van der Waals surface area contributed by atoms with Crippen molar-refractivity contribution in [2.75, 3.05) is 0 Å². The molecule has 0 spiro atoms. The maximum Gasteiger partial charge on any atom is 0.304 e. The van der Waals surface area contributed by atoms with Gasteiger partial charge in [0.25, 0.3) is 0 Å². The number of carbonyl (C=O) groups is 1. The van der Waals surface area contributed by atoms with E-state index >= 15 is 0 Å². The van der Waals surface area contributed by atoms with Crippen LogP contribution in [0.2, 0.25) is 0 Å². The van der Waals surface area contributed by atoms with Gasteiger partial charge in [0.15, 0.2) is 0 Å². The largest absolute Gasteiger partial charge is 0.481 e. The van der Waals surface area contributed by atoms with Crippen molar-refractivity contribution in [3.8, 4) is 0 Å². The molecular formula is C20H18ClN3O2S. The van der Waals surface area contributed by atoms with Crippen LogP contribution in [0.25, 0.3) is 21.1 Å². The summed E-state index contributed by atoms with van der Waals surface area (Å²) in [5.74, 6) is -0.719. The van der Waals surface area contributed by atoms with Crippen molar-refractivity contribution in [3.63, 3.8) is 0 Å². The number of hydrogen-bond donors (Lipinski definition) is 1. The molecule has 7 heteroatoms. The number of halogens is 1. The SMILES string of the molecule is Cc1c([C@H](CC(=O)O)c2cc(CCl)c3sccc3c2)ccc2c1nnn2C. The lowest BCUT2D eigenvalue weighted by atomic mass is 9.84. The quantitative estimate of drug-likeness (QED) is 0.488. The molecule has 0 fully saturated rings. The van der Waals surface area contributed by atoms with Gasteiger partial charge < -0.3 is 5.11 Å². The molecule has 0 aliphatic carbocycles. The second-order valence-corrected chi connectivity index (χ2v) is 7.85. The molecule has 27 heavy (non-hydrogen) atoms. The molecule has 0 bridgehead atoms. The number of aryl methyl sites for hydroxylation is 2. The molecule has 2 aromatic carbocycles. The van der Waals surface area contributed by atoms with Crippen LogP contribution >= 0.6 is 22.9 Å². The Morgan fingerprint density at radius 1 is 1.33 bits per heavy atom. The number of aliphatic carboxylic acids is 1. The summed E-state index contributed by atoms with van der Waals surface area (Å²) < 4.78 is 2.88. The first-order valence-corrected chi connectivity index (χ1v) is 9.97. The van der Waals surface area contributed by atoms with Crippen LogP contribution in [0.3, 0.4) is 0 Å². The van der Waals surface area contributed by atoms with Crippen molar-refractivity contribution in [2.24, 2.45) is 7.05 Å². The van der Waals surface area contributed by atoms with Crippen LogP contribution in [-0.4, -0.2) is 26.1 Å². The molecule has 0 saturated heterocycles. The molecule has 0 saturated carbocycles. The first kappa shape index (κ1) is 17.9. The normalized spacial score (nSPS) is 12.7. The Hall–Kier alpha value is -2.44. The number of fused-ring (bicyclic) bond motifs is 2. The molecular weight excluding hydrogens is 382 g/mol. The Morgan fingerprint density at radius 2 is 2.15 bits per heavy atom. The lowest BCUT2D eigenvalue weighted by molar-refractivity contribution is -0.137. The van der Waals surface area contributed by atoms with E-state index in [2.05, 4.69) is 22.4 Å². The molecule has 4 aromatic rings. The van der Waals surface area contributed by atoms with E-state index in [1.807, 2.05) is 37.6 Å². The van der Waals surface area contributed by atoms with Crippen LogP contribution < -0.4 is 0 Å². The first-order chi connectivity index (χ1) is 13.0. The molecule has 0 amide bonds. The molecule has 5 nitrogen and oxygen atoms in total. The highest BCUT2D eigenvalue weighted by molar-refractivity contribution is 7.17. The molecule has 0 radical (unpaired) electrons. The van der Waals surface area contributed by atoms with Gasteiger partial charge in [-0.25, -0.2) is 4.68 Å². The molecule has 0 aliphatic heterocycles. The maximum absolute atomic E-state index is 11.6. The minimum absolute atomic E-state index is 0.00395. The number of alkyl halides is 1. The van der Waals surface area contributed by atoms with Gasteiger partial charge >= 0.3 is 5.97 Å². The average Bonchev–Trinajstić information content (AvgIpc) is 3.26. The third-order valence-electron chi connectivity index (χ3n) is 5.03. The molecule has 0 unspecified atom stereocenters. The van der Waals surface area contributed by atoms with Gasteiger partial charge in [0.1, 0.15) is 5.52 Å². The Morgan fingerprint density at radius 3 is 2.89 bits per heavy atom. The Labute approximate surface area is 165 Å². The summed E-state index contributed by atoms with van der Waals surface area (Å²) in [6.07, 6.45) is 0.00395. The van der Waals surface area contributed by atoms with E-state index in [-0.39, 0.29) is 12.3 Å². The van der Waals surface area contributed by atoms with E-state index in [1.54, 1.807) is 16.0 Å². The predicted molar refractivity (Wildman–Crippen MR) is 109 cm³/mol. The summed E-state index contributed by atoms with van der Waals surface area (Å²) in [5, 5.41) is 21.0. The topological polar surface area (TPSA) is 68.0 Å². The van der Waals surface area contributed by atoms with Crippen LogP contribution in [0.15, 0.2) is 35.7 Å². The van der Waals surface area contributed by atoms with E-state index in [9.17, 15) is 9.90 Å².